The zero-order valence-corrected chi connectivity index (χ0v) is 14.0. The number of nitrogens with one attached hydrogen (secondary N) is 1. The summed E-state index contributed by atoms with van der Waals surface area (Å²) < 4.78 is 5.43. The maximum absolute atomic E-state index is 5.89. The van der Waals surface area contributed by atoms with E-state index < -0.39 is 0 Å². The Balaban J connectivity index is 1.55. The van der Waals surface area contributed by atoms with Gasteiger partial charge < -0.3 is 9.84 Å². The summed E-state index contributed by atoms with van der Waals surface area (Å²) in [5, 5.41) is 10.8. The molecule has 0 bridgehead atoms. The van der Waals surface area contributed by atoms with Crippen LogP contribution in [0.2, 0.25) is 5.02 Å². The van der Waals surface area contributed by atoms with Crippen molar-refractivity contribution in [2.24, 2.45) is 0 Å². The highest BCUT2D eigenvalue weighted by Gasteiger charge is 2.12. The topological polar surface area (TPSA) is 51.0 Å². The molecule has 1 N–H and O–H groups in total. The molecule has 0 spiro atoms. The Morgan fingerprint density at radius 3 is 2.54 bits per heavy atom. The van der Waals surface area contributed by atoms with Crippen molar-refractivity contribution in [2.75, 3.05) is 5.32 Å². The minimum Gasteiger partial charge on any atom is -0.354 e. The van der Waals surface area contributed by atoms with Crippen LogP contribution in [0.15, 0.2) is 70.6 Å². The standard InChI is InChI=1S/C18H12ClN3OS/c19-13-6-8-14(9-7-13)20-18-21-16(11-24-18)17-10-15(22-23-17)12-4-2-1-3-5-12/h1-11H,(H,20,21). The van der Waals surface area contributed by atoms with Crippen LogP contribution >= 0.6 is 22.9 Å². The lowest BCUT2D eigenvalue weighted by atomic mass is 10.1. The largest absolute Gasteiger partial charge is 0.354 e. The van der Waals surface area contributed by atoms with E-state index in [1.807, 2.05) is 66.0 Å². The van der Waals surface area contributed by atoms with E-state index in [0.717, 1.165) is 27.8 Å². The average Bonchev–Trinajstić information content (AvgIpc) is 3.27. The van der Waals surface area contributed by atoms with Crippen molar-refractivity contribution in [2.45, 2.75) is 0 Å². The molecule has 4 aromatic rings. The molecule has 0 atom stereocenters. The van der Waals surface area contributed by atoms with Gasteiger partial charge in [0.05, 0.1) is 0 Å². The van der Waals surface area contributed by atoms with Gasteiger partial charge in [-0.05, 0) is 24.3 Å². The van der Waals surface area contributed by atoms with Gasteiger partial charge in [-0.3, -0.25) is 0 Å². The number of thiazole rings is 1. The fraction of sp³-hybridized carbons (Fsp3) is 0. The summed E-state index contributed by atoms with van der Waals surface area (Å²) >= 11 is 7.40. The SMILES string of the molecule is Clc1ccc(Nc2nc(-c3cc(-c4ccccc4)no3)cs2)cc1. The molecule has 2 heterocycles. The summed E-state index contributed by atoms with van der Waals surface area (Å²) in [6.07, 6.45) is 0. The fourth-order valence-corrected chi connectivity index (χ4v) is 3.09. The van der Waals surface area contributed by atoms with Gasteiger partial charge in [-0.25, -0.2) is 4.98 Å². The normalized spacial score (nSPS) is 10.7. The second kappa shape index (κ2) is 6.47. The zero-order chi connectivity index (χ0) is 16.4. The van der Waals surface area contributed by atoms with E-state index in [-0.39, 0.29) is 0 Å². The highest BCUT2D eigenvalue weighted by atomic mass is 35.5. The molecule has 0 amide bonds. The predicted octanol–water partition coefficient (Wildman–Crippen LogP) is 5.86. The molecule has 0 aliphatic rings. The monoisotopic (exact) mass is 353 g/mol. The molecular weight excluding hydrogens is 342 g/mol. The lowest BCUT2D eigenvalue weighted by Gasteiger charge is -2.01. The second-order valence-electron chi connectivity index (χ2n) is 5.11. The quantitative estimate of drug-likeness (QED) is 0.499. The van der Waals surface area contributed by atoms with Crippen LogP contribution in [0.4, 0.5) is 10.8 Å². The zero-order valence-electron chi connectivity index (χ0n) is 12.4. The molecule has 0 aliphatic heterocycles. The highest BCUT2D eigenvalue weighted by Crippen LogP contribution is 2.30. The first-order valence-corrected chi connectivity index (χ1v) is 8.54. The molecule has 0 unspecified atom stereocenters. The highest BCUT2D eigenvalue weighted by molar-refractivity contribution is 7.14. The smallest absolute Gasteiger partial charge is 0.187 e. The van der Waals surface area contributed by atoms with Crippen LogP contribution in [0.1, 0.15) is 0 Å². The number of nitrogens with zero attached hydrogens (tertiary/aromatic N) is 2. The van der Waals surface area contributed by atoms with E-state index in [2.05, 4.69) is 15.5 Å². The maximum Gasteiger partial charge on any atom is 0.187 e. The molecule has 4 rings (SSSR count). The average molecular weight is 354 g/mol. The molecule has 2 aromatic carbocycles. The van der Waals surface area contributed by atoms with Gasteiger partial charge in [-0.1, -0.05) is 47.1 Å². The Hall–Kier alpha value is -2.63. The van der Waals surface area contributed by atoms with Gasteiger partial charge in [0.1, 0.15) is 11.4 Å². The number of aromatic nitrogens is 2. The van der Waals surface area contributed by atoms with Crippen LogP contribution in [-0.4, -0.2) is 10.1 Å². The first kappa shape index (κ1) is 14.9. The first-order chi connectivity index (χ1) is 11.8. The Bertz CT molecular complexity index is 948. The van der Waals surface area contributed by atoms with Gasteiger partial charge in [0, 0.05) is 27.7 Å². The molecule has 0 saturated heterocycles. The molecule has 2 aromatic heterocycles. The van der Waals surface area contributed by atoms with Gasteiger partial charge in [-0.15, -0.1) is 11.3 Å². The van der Waals surface area contributed by atoms with Crippen LogP contribution < -0.4 is 5.32 Å². The van der Waals surface area contributed by atoms with Crippen LogP contribution in [0.5, 0.6) is 0 Å². The summed E-state index contributed by atoms with van der Waals surface area (Å²) in [6.45, 7) is 0. The minimum absolute atomic E-state index is 0.647. The summed E-state index contributed by atoms with van der Waals surface area (Å²) in [4.78, 5) is 4.55. The van der Waals surface area contributed by atoms with E-state index in [4.69, 9.17) is 16.1 Å². The first-order valence-electron chi connectivity index (χ1n) is 7.28. The van der Waals surface area contributed by atoms with Crippen LogP contribution in [0, 0.1) is 0 Å². The minimum atomic E-state index is 0.647. The van der Waals surface area contributed by atoms with Crippen LogP contribution in [-0.2, 0) is 0 Å². The van der Waals surface area contributed by atoms with Crippen molar-refractivity contribution < 1.29 is 4.52 Å². The number of anilines is 2. The van der Waals surface area contributed by atoms with Crippen molar-refractivity contribution in [1.82, 2.24) is 10.1 Å². The summed E-state index contributed by atoms with van der Waals surface area (Å²) in [5.74, 6) is 0.647. The Morgan fingerprint density at radius 1 is 0.958 bits per heavy atom. The third-order valence-electron chi connectivity index (χ3n) is 3.43. The molecule has 4 nitrogen and oxygen atoms in total. The van der Waals surface area contributed by atoms with Crippen LogP contribution in [0.25, 0.3) is 22.7 Å². The third-order valence-corrected chi connectivity index (χ3v) is 4.44. The molecule has 118 valence electrons. The number of benzene rings is 2. The fourth-order valence-electron chi connectivity index (χ4n) is 2.24. The lowest BCUT2D eigenvalue weighted by Crippen LogP contribution is -1.88. The van der Waals surface area contributed by atoms with Crippen molar-refractivity contribution >= 4 is 33.8 Å². The van der Waals surface area contributed by atoms with Crippen molar-refractivity contribution in [3.8, 4) is 22.7 Å². The summed E-state index contributed by atoms with van der Waals surface area (Å²) in [7, 11) is 0. The Kier molecular flexibility index (Phi) is 4.02. The van der Waals surface area contributed by atoms with Gasteiger partial charge in [0.2, 0.25) is 0 Å². The Morgan fingerprint density at radius 2 is 1.75 bits per heavy atom. The second-order valence-corrected chi connectivity index (χ2v) is 6.41. The molecule has 0 radical (unpaired) electrons. The van der Waals surface area contributed by atoms with Gasteiger partial charge in [0.25, 0.3) is 0 Å². The van der Waals surface area contributed by atoms with Gasteiger partial charge >= 0.3 is 0 Å². The number of hydrogen-bond acceptors (Lipinski definition) is 5. The molecular formula is C18H12ClN3OS. The van der Waals surface area contributed by atoms with E-state index >= 15 is 0 Å². The number of halogens is 1. The van der Waals surface area contributed by atoms with E-state index in [9.17, 15) is 0 Å². The van der Waals surface area contributed by atoms with Crippen LogP contribution in [0.3, 0.4) is 0 Å². The maximum atomic E-state index is 5.89. The third kappa shape index (κ3) is 3.18. The summed E-state index contributed by atoms with van der Waals surface area (Å²) in [5.41, 5.74) is 3.50. The van der Waals surface area contributed by atoms with E-state index in [1.165, 1.54) is 11.3 Å². The van der Waals surface area contributed by atoms with Gasteiger partial charge in [-0.2, -0.15) is 0 Å². The van der Waals surface area contributed by atoms with Crippen molar-refractivity contribution in [1.29, 1.82) is 0 Å². The number of hydrogen-bond donors (Lipinski definition) is 1. The van der Waals surface area contributed by atoms with Crippen molar-refractivity contribution in [3.63, 3.8) is 0 Å². The molecule has 24 heavy (non-hydrogen) atoms. The van der Waals surface area contributed by atoms with Gasteiger partial charge in [0.15, 0.2) is 10.9 Å². The molecule has 0 fully saturated rings. The van der Waals surface area contributed by atoms with Crippen molar-refractivity contribution in [3.05, 3.63) is 71.1 Å². The molecule has 0 aliphatic carbocycles. The molecule has 0 saturated carbocycles. The predicted molar refractivity (Wildman–Crippen MR) is 97.8 cm³/mol. The lowest BCUT2D eigenvalue weighted by molar-refractivity contribution is 0.434. The summed E-state index contributed by atoms with van der Waals surface area (Å²) in [6, 6.07) is 19.3. The van der Waals surface area contributed by atoms with E-state index in [0.29, 0.717) is 10.8 Å². The van der Waals surface area contributed by atoms with E-state index in [1.54, 1.807) is 0 Å². The Labute approximate surface area is 147 Å². The molecule has 6 heteroatoms. The number of rotatable bonds is 4.